The van der Waals surface area contributed by atoms with E-state index in [-0.39, 0.29) is 12.5 Å². The summed E-state index contributed by atoms with van der Waals surface area (Å²) in [5.74, 6) is 0.108. The summed E-state index contributed by atoms with van der Waals surface area (Å²) in [4.78, 5) is 1.85. The lowest BCUT2D eigenvalue weighted by atomic mass is 9.74. The Bertz CT molecular complexity index is 914. The molecule has 160 valence electrons. The van der Waals surface area contributed by atoms with E-state index in [9.17, 15) is 21.6 Å². The minimum absolute atomic E-state index is 0.108. The summed E-state index contributed by atoms with van der Waals surface area (Å²) in [6.45, 7) is 4.27. The fraction of sp³-hybridized carbons (Fsp3) is 0.632. The average molecular weight is 431 g/mol. The van der Waals surface area contributed by atoms with Crippen LogP contribution in [0, 0.1) is 22.7 Å². The molecule has 0 aliphatic carbocycles. The molecule has 0 aromatic heterocycles. The molecule has 2 atom stereocenters. The van der Waals surface area contributed by atoms with Crippen molar-refractivity contribution in [2.75, 3.05) is 50.5 Å². The van der Waals surface area contributed by atoms with E-state index in [1.165, 1.54) is 22.7 Å². The molecule has 0 bridgehead atoms. The molecule has 29 heavy (non-hydrogen) atoms. The molecule has 2 heterocycles. The molecule has 0 radical (unpaired) electrons. The van der Waals surface area contributed by atoms with Crippen molar-refractivity contribution in [1.82, 2.24) is 4.31 Å². The second kappa shape index (κ2) is 7.78. The van der Waals surface area contributed by atoms with E-state index < -0.39 is 32.7 Å². The maximum Gasteiger partial charge on any atom is 0.417 e. The van der Waals surface area contributed by atoms with Crippen molar-refractivity contribution in [3.63, 3.8) is 0 Å². The molecule has 0 spiro atoms. The fourth-order valence-electron chi connectivity index (χ4n) is 4.40. The highest BCUT2D eigenvalue weighted by molar-refractivity contribution is 7.88. The molecule has 2 aliphatic rings. The second-order valence-corrected chi connectivity index (χ2v) is 9.78. The van der Waals surface area contributed by atoms with E-state index in [2.05, 4.69) is 0 Å². The molecule has 0 amide bonds. The van der Waals surface area contributed by atoms with Crippen molar-refractivity contribution in [1.29, 1.82) is 5.26 Å². The first kappa shape index (κ1) is 21.9. The summed E-state index contributed by atoms with van der Waals surface area (Å²) in [6.07, 6.45) is -2.83. The lowest BCUT2D eigenvalue weighted by Gasteiger charge is -2.42. The number of rotatable bonds is 5. The molecule has 0 saturated carbocycles. The van der Waals surface area contributed by atoms with Crippen LogP contribution in [0.15, 0.2) is 18.2 Å². The summed E-state index contributed by atoms with van der Waals surface area (Å²) in [6, 6.07) is 5.32. The van der Waals surface area contributed by atoms with Crippen LogP contribution in [0.5, 0.6) is 0 Å². The summed E-state index contributed by atoms with van der Waals surface area (Å²) >= 11 is 0. The Balaban J connectivity index is 1.94. The van der Waals surface area contributed by atoms with Gasteiger partial charge in [0.2, 0.25) is 10.0 Å². The van der Waals surface area contributed by atoms with Gasteiger partial charge in [0.05, 0.1) is 30.1 Å². The van der Waals surface area contributed by atoms with E-state index in [1.807, 2.05) is 11.8 Å². The Morgan fingerprint density at radius 1 is 1.34 bits per heavy atom. The van der Waals surface area contributed by atoms with Crippen molar-refractivity contribution in [2.24, 2.45) is 11.3 Å². The molecule has 2 aliphatic heterocycles. The van der Waals surface area contributed by atoms with Gasteiger partial charge in [-0.3, -0.25) is 0 Å². The van der Waals surface area contributed by atoms with Crippen molar-refractivity contribution in [2.45, 2.75) is 19.5 Å². The highest BCUT2D eigenvalue weighted by atomic mass is 32.2. The number of halogens is 3. The molecule has 6 nitrogen and oxygen atoms in total. The van der Waals surface area contributed by atoms with Gasteiger partial charge in [-0.1, -0.05) is 0 Å². The third kappa shape index (κ3) is 4.37. The lowest BCUT2D eigenvalue weighted by Crippen LogP contribution is -2.52. The van der Waals surface area contributed by atoms with E-state index in [0.717, 1.165) is 6.07 Å². The average Bonchev–Trinajstić information content (AvgIpc) is 3.03. The monoisotopic (exact) mass is 431 g/mol. The van der Waals surface area contributed by atoms with Crippen molar-refractivity contribution < 1.29 is 26.3 Å². The number of hydrogen-bond donors (Lipinski definition) is 0. The fourth-order valence-corrected chi connectivity index (χ4v) is 5.32. The number of anilines is 1. The van der Waals surface area contributed by atoms with Crippen LogP contribution in [-0.2, 0) is 20.9 Å². The zero-order valence-corrected chi connectivity index (χ0v) is 17.2. The standard InChI is InChI=1S/C19H24F3N3O3S/c1-3-28-13-18-11-24(10-15(18)6-7-25(12-18)29(2,26)27)16-5-4-14(9-23)17(8-16)19(20,21)22/h4-5,8,15H,3,6-7,10-13H2,1-2H3/t15-,18-/m0/s1. The molecule has 10 heteroatoms. The highest BCUT2D eigenvalue weighted by Crippen LogP contribution is 2.45. The van der Waals surface area contributed by atoms with Crippen molar-refractivity contribution >= 4 is 15.7 Å². The van der Waals surface area contributed by atoms with Crippen LogP contribution in [0.2, 0.25) is 0 Å². The van der Waals surface area contributed by atoms with Gasteiger partial charge in [0.1, 0.15) is 0 Å². The maximum atomic E-state index is 13.4. The van der Waals surface area contributed by atoms with E-state index in [0.29, 0.717) is 45.0 Å². The van der Waals surface area contributed by atoms with Crippen LogP contribution >= 0.6 is 0 Å². The van der Waals surface area contributed by atoms with E-state index in [4.69, 9.17) is 10.00 Å². The molecule has 0 unspecified atom stereocenters. The van der Waals surface area contributed by atoms with Crippen LogP contribution in [0.1, 0.15) is 24.5 Å². The van der Waals surface area contributed by atoms with Crippen LogP contribution in [0.25, 0.3) is 0 Å². The molecule has 1 aromatic rings. The second-order valence-electron chi connectivity index (χ2n) is 7.80. The van der Waals surface area contributed by atoms with Crippen molar-refractivity contribution in [3.8, 4) is 6.07 Å². The van der Waals surface area contributed by atoms with Crippen LogP contribution in [-0.4, -0.2) is 58.4 Å². The van der Waals surface area contributed by atoms with Gasteiger partial charge < -0.3 is 9.64 Å². The minimum atomic E-state index is -4.62. The third-order valence-electron chi connectivity index (χ3n) is 5.89. The molecule has 2 fully saturated rings. The zero-order chi connectivity index (χ0) is 21.4. The maximum absolute atomic E-state index is 13.4. The number of sulfonamides is 1. The number of alkyl halides is 3. The Morgan fingerprint density at radius 3 is 2.66 bits per heavy atom. The van der Waals surface area contributed by atoms with Gasteiger partial charge in [-0.2, -0.15) is 18.4 Å². The summed E-state index contributed by atoms with van der Waals surface area (Å²) < 4.78 is 71.3. The molecule has 3 rings (SSSR count). The van der Waals surface area contributed by atoms with Gasteiger partial charge in [-0.05, 0) is 37.5 Å². The number of nitriles is 1. The smallest absolute Gasteiger partial charge is 0.381 e. The number of hydrogen-bond acceptors (Lipinski definition) is 5. The molecular weight excluding hydrogens is 407 g/mol. The Kier molecular flexibility index (Phi) is 5.87. The minimum Gasteiger partial charge on any atom is -0.381 e. The number of nitrogens with zero attached hydrogens (tertiary/aromatic N) is 3. The number of benzene rings is 1. The van der Waals surface area contributed by atoms with E-state index >= 15 is 0 Å². The van der Waals surface area contributed by atoms with Crippen LogP contribution in [0.3, 0.4) is 0 Å². The number of fused-ring (bicyclic) bond motifs is 1. The normalized spacial score (nSPS) is 25.7. The van der Waals surface area contributed by atoms with Gasteiger partial charge in [0.25, 0.3) is 0 Å². The Morgan fingerprint density at radius 2 is 2.07 bits per heavy atom. The van der Waals surface area contributed by atoms with Gasteiger partial charge in [0.15, 0.2) is 0 Å². The third-order valence-corrected chi connectivity index (χ3v) is 7.14. The quantitative estimate of drug-likeness (QED) is 0.717. The predicted molar refractivity (Wildman–Crippen MR) is 102 cm³/mol. The van der Waals surface area contributed by atoms with E-state index in [1.54, 1.807) is 6.07 Å². The summed E-state index contributed by atoms with van der Waals surface area (Å²) in [5.41, 5.74) is -1.47. The first-order chi connectivity index (χ1) is 13.5. The molecule has 2 saturated heterocycles. The highest BCUT2D eigenvalue weighted by Gasteiger charge is 2.51. The SMILES string of the molecule is CCOC[C@@]12CN(c3ccc(C#N)c(C(F)(F)F)c3)C[C@@H]1CCN(S(C)(=O)=O)C2. The predicted octanol–water partition coefficient (Wildman–Crippen LogP) is 2.70. The van der Waals surface area contributed by atoms with Crippen molar-refractivity contribution in [3.05, 3.63) is 29.3 Å². The first-order valence-electron chi connectivity index (χ1n) is 9.39. The molecule has 0 N–H and O–H groups in total. The topological polar surface area (TPSA) is 73.6 Å². The first-order valence-corrected chi connectivity index (χ1v) is 11.2. The Labute approximate surface area is 168 Å². The van der Waals surface area contributed by atoms with Gasteiger partial charge >= 0.3 is 6.18 Å². The largest absolute Gasteiger partial charge is 0.417 e. The molecular formula is C19H24F3N3O3S. The van der Waals surface area contributed by atoms with Gasteiger partial charge in [0, 0.05) is 43.9 Å². The van der Waals surface area contributed by atoms with Crippen LogP contribution in [0.4, 0.5) is 18.9 Å². The lowest BCUT2D eigenvalue weighted by molar-refractivity contribution is -0.137. The number of ether oxygens (including phenoxy) is 1. The van der Waals surface area contributed by atoms with Gasteiger partial charge in [-0.25, -0.2) is 12.7 Å². The number of piperidine rings is 1. The Hall–Kier alpha value is -1.83. The van der Waals surface area contributed by atoms with Crippen LogP contribution < -0.4 is 4.90 Å². The zero-order valence-electron chi connectivity index (χ0n) is 16.4. The summed E-state index contributed by atoms with van der Waals surface area (Å²) in [7, 11) is -3.37. The summed E-state index contributed by atoms with van der Waals surface area (Å²) in [5, 5.41) is 9.01. The molecule has 1 aromatic carbocycles. The van der Waals surface area contributed by atoms with Gasteiger partial charge in [-0.15, -0.1) is 0 Å².